The Bertz CT molecular complexity index is 1770. The van der Waals surface area contributed by atoms with E-state index in [1.54, 1.807) is 60.7 Å². The second kappa shape index (κ2) is 13.7. The summed E-state index contributed by atoms with van der Waals surface area (Å²) < 4.78 is 51.4. The SMILES string of the molecule is COc1ccc(/C(=C\[N+](=O)[O-])S(=O)(=O)/C(=C/[N+](=O)[O-])c2ccc(OC)c(-c3ccccc3)c2OC)c(OC)c1-c1ccccc1. The fourth-order valence-corrected chi connectivity index (χ4v) is 6.50. The first-order valence-electron chi connectivity index (χ1n) is 13.2. The number of benzene rings is 4. The van der Waals surface area contributed by atoms with Crippen LogP contribution in [0.1, 0.15) is 11.1 Å². The zero-order valence-corrected chi connectivity index (χ0v) is 25.4. The number of hydrogen-bond acceptors (Lipinski definition) is 10. The Kier molecular flexibility index (Phi) is 9.84. The number of nitro groups is 2. The number of rotatable bonds is 12. The third-order valence-electron chi connectivity index (χ3n) is 6.77. The van der Waals surface area contributed by atoms with Crippen molar-refractivity contribution in [3.8, 4) is 45.3 Å². The van der Waals surface area contributed by atoms with E-state index in [1.165, 1.54) is 52.7 Å². The minimum absolute atomic E-state index is 0.0654. The van der Waals surface area contributed by atoms with Gasteiger partial charge in [-0.15, -0.1) is 0 Å². The summed E-state index contributed by atoms with van der Waals surface area (Å²) >= 11 is 0. The van der Waals surface area contributed by atoms with Crippen molar-refractivity contribution in [2.24, 2.45) is 0 Å². The van der Waals surface area contributed by atoms with Crippen LogP contribution in [-0.2, 0) is 9.84 Å². The summed E-state index contributed by atoms with van der Waals surface area (Å²) in [6, 6.07) is 22.8. The molecule has 0 saturated heterocycles. The molecule has 0 N–H and O–H groups in total. The molecule has 13 heteroatoms. The molecule has 0 atom stereocenters. The maximum atomic E-state index is 14.5. The molecule has 0 saturated carbocycles. The van der Waals surface area contributed by atoms with Gasteiger partial charge in [0.1, 0.15) is 23.0 Å². The quantitative estimate of drug-likeness (QED) is 0.128. The van der Waals surface area contributed by atoms with Gasteiger partial charge in [-0.25, -0.2) is 8.42 Å². The molecule has 12 nitrogen and oxygen atoms in total. The first kappa shape index (κ1) is 32.2. The molecule has 0 aromatic heterocycles. The van der Waals surface area contributed by atoms with Crippen LogP contribution >= 0.6 is 0 Å². The maximum Gasteiger partial charge on any atom is 0.254 e. The molecular formula is C32H28N2O10S. The van der Waals surface area contributed by atoms with E-state index in [0.717, 1.165) is 0 Å². The lowest BCUT2D eigenvalue weighted by atomic mass is 9.99. The molecule has 0 bridgehead atoms. The molecule has 0 aliphatic rings. The van der Waals surface area contributed by atoms with Gasteiger partial charge in [0, 0.05) is 11.1 Å². The van der Waals surface area contributed by atoms with E-state index in [-0.39, 0.29) is 35.0 Å². The number of nitrogens with zero attached hydrogens (tertiary/aromatic N) is 2. The molecule has 4 aromatic rings. The van der Waals surface area contributed by atoms with Gasteiger partial charge in [0.25, 0.3) is 12.4 Å². The van der Waals surface area contributed by atoms with Crippen molar-refractivity contribution in [1.29, 1.82) is 0 Å². The Balaban J connectivity index is 2.08. The van der Waals surface area contributed by atoms with Gasteiger partial charge in [-0.3, -0.25) is 20.2 Å². The summed E-state index contributed by atoms with van der Waals surface area (Å²) in [4.78, 5) is 20.2. The molecule has 0 unspecified atom stereocenters. The average molecular weight is 633 g/mol. The van der Waals surface area contributed by atoms with E-state index < -0.39 is 29.5 Å². The fourth-order valence-electron chi connectivity index (χ4n) is 4.92. The van der Waals surface area contributed by atoms with Crippen molar-refractivity contribution in [1.82, 2.24) is 0 Å². The summed E-state index contributed by atoms with van der Waals surface area (Å²) in [6.45, 7) is 0. The Morgan fingerprint density at radius 2 is 0.933 bits per heavy atom. The number of hydrogen-bond donors (Lipinski definition) is 0. The van der Waals surface area contributed by atoms with Gasteiger partial charge < -0.3 is 18.9 Å². The molecule has 45 heavy (non-hydrogen) atoms. The molecule has 4 rings (SSSR count). The largest absolute Gasteiger partial charge is 0.496 e. The summed E-state index contributed by atoms with van der Waals surface area (Å²) in [5.74, 6) is 0.462. The number of ether oxygens (including phenoxy) is 4. The molecule has 0 aliphatic carbocycles. The van der Waals surface area contributed by atoms with Crippen molar-refractivity contribution < 1.29 is 37.2 Å². The zero-order chi connectivity index (χ0) is 32.7. The van der Waals surface area contributed by atoms with E-state index in [0.29, 0.717) is 33.8 Å². The summed E-state index contributed by atoms with van der Waals surface area (Å²) in [5.41, 5.74) is 1.32. The van der Waals surface area contributed by atoms with Crippen LogP contribution in [0.4, 0.5) is 0 Å². The standard InChI is InChI=1S/C32H28N2O10S/c1-41-25-17-15-23(31(43-3)29(25)21-11-7-5-8-12-21)27(19-33(35)36)45(39,40)28(20-34(37)38)24-16-18-26(42-2)30(32(24)44-4)22-13-9-6-10-14-22/h5-20H,1-4H3/b27-19+,28-20+. The number of sulfone groups is 1. The second-order valence-corrected chi connectivity index (χ2v) is 11.1. The van der Waals surface area contributed by atoms with E-state index in [1.807, 2.05) is 0 Å². The Morgan fingerprint density at radius 3 is 1.22 bits per heavy atom. The summed E-state index contributed by atoms with van der Waals surface area (Å²) in [7, 11) is 0.291. The van der Waals surface area contributed by atoms with E-state index in [9.17, 15) is 28.6 Å². The fraction of sp³-hybridized carbons (Fsp3) is 0.125. The van der Waals surface area contributed by atoms with Crippen LogP contribution in [0.3, 0.4) is 0 Å². The molecule has 4 aromatic carbocycles. The minimum Gasteiger partial charge on any atom is -0.496 e. The monoisotopic (exact) mass is 632 g/mol. The van der Waals surface area contributed by atoms with Gasteiger partial charge in [-0.2, -0.15) is 0 Å². The van der Waals surface area contributed by atoms with E-state index >= 15 is 0 Å². The van der Waals surface area contributed by atoms with Crippen molar-refractivity contribution in [3.05, 3.63) is 129 Å². The van der Waals surface area contributed by atoms with Gasteiger partial charge in [0.15, 0.2) is 9.81 Å². The maximum absolute atomic E-state index is 14.5. The van der Waals surface area contributed by atoms with Crippen LogP contribution in [0, 0.1) is 20.2 Å². The molecule has 0 aliphatic heterocycles. The second-order valence-electron chi connectivity index (χ2n) is 9.24. The van der Waals surface area contributed by atoms with E-state index in [4.69, 9.17) is 18.9 Å². The highest BCUT2D eigenvalue weighted by molar-refractivity contribution is 8.09. The highest BCUT2D eigenvalue weighted by Gasteiger charge is 2.37. The highest BCUT2D eigenvalue weighted by atomic mass is 32.2. The van der Waals surface area contributed by atoms with E-state index in [2.05, 4.69) is 0 Å². The van der Waals surface area contributed by atoms with Crippen molar-refractivity contribution >= 4 is 19.6 Å². The van der Waals surface area contributed by atoms with Crippen molar-refractivity contribution in [2.45, 2.75) is 0 Å². The van der Waals surface area contributed by atoms with Crippen molar-refractivity contribution in [3.63, 3.8) is 0 Å². The Labute approximate surface area is 259 Å². The first-order chi connectivity index (χ1) is 21.6. The van der Waals surface area contributed by atoms with Gasteiger partial charge in [0.05, 0.1) is 49.4 Å². The zero-order valence-electron chi connectivity index (χ0n) is 24.6. The highest BCUT2D eigenvalue weighted by Crippen LogP contribution is 2.49. The van der Waals surface area contributed by atoms with Crippen LogP contribution in [0.25, 0.3) is 32.1 Å². The van der Waals surface area contributed by atoms with Crippen LogP contribution in [-0.4, -0.2) is 46.7 Å². The lowest BCUT2D eigenvalue weighted by molar-refractivity contribution is -0.401. The average Bonchev–Trinajstić information content (AvgIpc) is 3.05. The van der Waals surface area contributed by atoms with Gasteiger partial charge >= 0.3 is 0 Å². The minimum atomic E-state index is -5.06. The molecule has 0 heterocycles. The summed E-state index contributed by atoms with van der Waals surface area (Å²) in [6.07, 6.45) is 0.548. The Morgan fingerprint density at radius 1 is 0.578 bits per heavy atom. The van der Waals surface area contributed by atoms with Crippen LogP contribution in [0.15, 0.2) is 97.3 Å². The topological polar surface area (TPSA) is 157 Å². The third kappa shape index (κ3) is 6.48. The predicted octanol–water partition coefficient (Wildman–Crippen LogP) is 6.32. The van der Waals surface area contributed by atoms with Crippen molar-refractivity contribution in [2.75, 3.05) is 28.4 Å². The lowest BCUT2D eigenvalue weighted by Crippen LogP contribution is -2.12. The third-order valence-corrected chi connectivity index (χ3v) is 8.58. The Hall–Kier alpha value is -5.69. The van der Waals surface area contributed by atoms with Crippen LogP contribution in [0.2, 0.25) is 0 Å². The summed E-state index contributed by atoms with van der Waals surface area (Å²) in [5, 5.41) is 23.9. The molecule has 0 amide bonds. The molecule has 0 fully saturated rings. The molecule has 0 spiro atoms. The number of methoxy groups -OCH3 is 4. The molecular weight excluding hydrogens is 604 g/mol. The van der Waals surface area contributed by atoms with Crippen LogP contribution in [0.5, 0.6) is 23.0 Å². The predicted molar refractivity (Wildman–Crippen MR) is 169 cm³/mol. The van der Waals surface area contributed by atoms with Gasteiger partial charge in [0.2, 0.25) is 9.84 Å². The van der Waals surface area contributed by atoms with Crippen LogP contribution < -0.4 is 18.9 Å². The molecule has 232 valence electrons. The van der Waals surface area contributed by atoms with Gasteiger partial charge in [-0.1, -0.05) is 60.7 Å². The first-order valence-corrected chi connectivity index (χ1v) is 14.6. The van der Waals surface area contributed by atoms with Gasteiger partial charge in [-0.05, 0) is 35.4 Å². The normalized spacial score (nSPS) is 11.9. The smallest absolute Gasteiger partial charge is 0.254 e. The molecule has 0 radical (unpaired) electrons. The lowest BCUT2D eigenvalue weighted by Gasteiger charge is -2.20.